The second-order valence-corrected chi connectivity index (χ2v) is 9.12. The van der Waals surface area contributed by atoms with Crippen LogP contribution in [0.5, 0.6) is 11.5 Å². The third-order valence-electron chi connectivity index (χ3n) is 7.03. The molecule has 0 radical (unpaired) electrons. The van der Waals surface area contributed by atoms with Gasteiger partial charge in [0.25, 0.3) is 0 Å². The molecule has 0 aliphatic carbocycles. The number of aromatic nitrogens is 1. The molecule has 2 saturated heterocycles. The molecule has 34 heavy (non-hydrogen) atoms. The van der Waals surface area contributed by atoms with E-state index >= 15 is 0 Å². The summed E-state index contributed by atoms with van der Waals surface area (Å²) >= 11 is 0. The Morgan fingerprint density at radius 2 is 1.88 bits per heavy atom. The molecule has 2 aliphatic rings. The van der Waals surface area contributed by atoms with Crippen molar-refractivity contribution in [3.8, 4) is 11.5 Å². The quantitative estimate of drug-likeness (QED) is 0.529. The molecule has 2 fully saturated rings. The number of cyclic esters (lactones) is 1. The summed E-state index contributed by atoms with van der Waals surface area (Å²) in [6.07, 6.45) is 3.15. The number of amides is 1. The van der Waals surface area contributed by atoms with Crippen molar-refractivity contribution in [3.05, 3.63) is 65.4 Å². The molecule has 3 heterocycles. The fourth-order valence-corrected chi connectivity index (χ4v) is 5.18. The van der Waals surface area contributed by atoms with Crippen molar-refractivity contribution in [2.75, 3.05) is 33.9 Å². The van der Waals surface area contributed by atoms with Crippen LogP contribution in [0.25, 0.3) is 10.9 Å². The number of carbonyl (C=O) groups is 1. The summed E-state index contributed by atoms with van der Waals surface area (Å²) in [6.45, 7) is 5.47. The van der Waals surface area contributed by atoms with E-state index in [4.69, 9.17) is 14.2 Å². The summed E-state index contributed by atoms with van der Waals surface area (Å²) in [5.41, 5.74) is 4.29. The molecule has 7 nitrogen and oxygen atoms in total. The van der Waals surface area contributed by atoms with Gasteiger partial charge in [0.05, 0.1) is 26.3 Å². The zero-order chi connectivity index (χ0) is 23.7. The molecule has 0 spiro atoms. The maximum absolute atomic E-state index is 12.8. The van der Waals surface area contributed by atoms with E-state index in [0.717, 1.165) is 66.0 Å². The van der Waals surface area contributed by atoms with Gasteiger partial charge in [-0.3, -0.25) is 9.88 Å². The first kappa shape index (κ1) is 22.5. The molecule has 5 rings (SSSR count). The van der Waals surface area contributed by atoms with E-state index in [0.29, 0.717) is 6.54 Å². The van der Waals surface area contributed by atoms with E-state index in [9.17, 15) is 4.79 Å². The first-order valence-corrected chi connectivity index (χ1v) is 11.8. The van der Waals surface area contributed by atoms with Crippen LogP contribution in [-0.2, 0) is 11.3 Å². The highest BCUT2D eigenvalue weighted by atomic mass is 16.6. The third-order valence-corrected chi connectivity index (χ3v) is 7.03. The zero-order valence-corrected chi connectivity index (χ0v) is 20.0. The molecule has 3 aromatic rings. The molecule has 178 valence electrons. The number of pyridine rings is 1. The number of fused-ring (bicyclic) bond motifs is 1. The smallest absolute Gasteiger partial charge is 0.410 e. The third kappa shape index (κ3) is 4.40. The standard InChI is InChI=1S/C27H31N3O4/c1-18-14-19(4-7-25(18)33-3)16-29-12-9-20(10-13-29)30-17-26(34-27(30)31)22-8-11-28-24-6-5-21(32-2)15-23(22)24/h4-8,11,14-15,20,26H,9-10,12-13,16-17H2,1-3H3. The van der Waals surface area contributed by atoms with Gasteiger partial charge in [0.2, 0.25) is 0 Å². The minimum Gasteiger partial charge on any atom is -0.497 e. The lowest BCUT2D eigenvalue weighted by atomic mass is 10.0. The number of nitrogens with zero attached hydrogens (tertiary/aromatic N) is 3. The normalized spacial score (nSPS) is 19.4. The zero-order valence-electron chi connectivity index (χ0n) is 20.0. The first-order valence-electron chi connectivity index (χ1n) is 11.8. The number of ether oxygens (including phenoxy) is 3. The van der Waals surface area contributed by atoms with E-state index in [2.05, 4.69) is 28.9 Å². The Morgan fingerprint density at radius 1 is 1.06 bits per heavy atom. The van der Waals surface area contributed by atoms with Crippen molar-refractivity contribution in [1.29, 1.82) is 0 Å². The average Bonchev–Trinajstić information content (AvgIpc) is 3.25. The minimum absolute atomic E-state index is 0.203. The monoisotopic (exact) mass is 461 g/mol. The number of hydrogen-bond donors (Lipinski definition) is 0. The Kier molecular flexibility index (Phi) is 6.28. The SMILES string of the molecule is COc1ccc2nccc(C3CN(C4CCN(Cc5ccc(OC)c(C)c5)CC4)C(=O)O3)c2c1. The van der Waals surface area contributed by atoms with Crippen LogP contribution in [0.15, 0.2) is 48.7 Å². The summed E-state index contributed by atoms with van der Waals surface area (Å²) in [5.74, 6) is 1.69. The van der Waals surface area contributed by atoms with E-state index < -0.39 is 0 Å². The Labute approximate surface area is 200 Å². The number of hydrogen-bond acceptors (Lipinski definition) is 6. The molecular weight excluding hydrogens is 430 g/mol. The predicted octanol–water partition coefficient (Wildman–Crippen LogP) is 4.72. The van der Waals surface area contributed by atoms with Crippen molar-refractivity contribution < 1.29 is 19.0 Å². The van der Waals surface area contributed by atoms with Crippen LogP contribution in [0.4, 0.5) is 4.79 Å². The van der Waals surface area contributed by atoms with Gasteiger partial charge in [-0.1, -0.05) is 12.1 Å². The second kappa shape index (κ2) is 9.50. The molecule has 2 aliphatic heterocycles. The molecule has 1 atom stereocenters. The van der Waals surface area contributed by atoms with E-state index in [1.54, 1.807) is 20.4 Å². The lowest BCUT2D eigenvalue weighted by Crippen LogP contribution is -2.45. The van der Waals surface area contributed by atoms with Gasteiger partial charge >= 0.3 is 6.09 Å². The van der Waals surface area contributed by atoms with Crippen LogP contribution < -0.4 is 9.47 Å². The van der Waals surface area contributed by atoms with Gasteiger partial charge < -0.3 is 19.1 Å². The molecular formula is C27H31N3O4. The summed E-state index contributed by atoms with van der Waals surface area (Å²) in [5, 5.41) is 0.964. The number of piperidine rings is 1. The van der Waals surface area contributed by atoms with E-state index in [1.165, 1.54) is 5.56 Å². The number of benzene rings is 2. The number of methoxy groups -OCH3 is 2. The highest BCUT2D eigenvalue weighted by Crippen LogP contribution is 2.35. The number of likely N-dealkylation sites (tertiary alicyclic amines) is 1. The second-order valence-electron chi connectivity index (χ2n) is 9.12. The van der Waals surface area contributed by atoms with Gasteiger partial charge in [-0.25, -0.2) is 4.79 Å². The highest BCUT2D eigenvalue weighted by molar-refractivity contribution is 5.84. The number of rotatable bonds is 6. The molecule has 7 heteroatoms. The van der Waals surface area contributed by atoms with Crippen LogP contribution in [0.1, 0.15) is 35.6 Å². The van der Waals surface area contributed by atoms with Crippen LogP contribution in [0, 0.1) is 6.92 Å². The van der Waals surface area contributed by atoms with Gasteiger partial charge in [-0.15, -0.1) is 0 Å². The molecule has 2 aromatic carbocycles. The Hall–Kier alpha value is -3.32. The van der Waals surface area contributed by atoms with Crippen molar-refractivity contribution in [3.63, 3.8) is 0 Å². The minimum atomic E-state index is -0.301. The summed E-state index contributed by atoms with van der Waals surface area (Å²) in [6, 6.07) is 14.3. The first-order chi connectivity index (χ1) is 16.6. The maximum atomic E-state index is 12.8. The van der Waals surface area contributed by atoms with Crippen molar-refractivity contribution in [2.45, 2.75) is 38.5 Å². The predicted molar refractivity (Wildman–Crippen MR) is 130 cm³/mol. The maximum Gasteiger partial charge on any atom is 0.410 e. The van der Waals surface area contributed by atoms with Gasteiger partial charge in [-0.05, 0) is 61.2 Å². The molecule has 0 saturated carbocycles. The largest absolute Gasteiger partial charge is 0.497 e. The molecule has 1 amide bonds. The summed E-state index contributed by atoms with van der Waals surface area (Å²) in [7, 11) is 3.35. The van der Waals surface area contributed by atoms with Crippen molar-refractivity contribution in [1.82, 2.24) is 14.8 Å². The van der Waals surface area contributed by atoms with Gasteiger partial charge in [0.1, 0.15) is 17.6 Å². The van der Waals surface area contributed by atoms with E-state index in [-0.39, 0.29) is 18.2 Å². The average molecular weight is 462 g/mol. The highest BCUT2D eigenvalue weighted by Gasteiger charge is 2.38. The fourth-order valence-electron chi connectivity index (χ4n) is 5.18. The van der Waals surface area contributed by atoms with Gasteiger partial charge in [-0.2, -0.15) is 0 Å². The van der Waals surface area contributed by atoms with Crippen molar-refractivity contribution in [2.24, 2.45) is 0 Å². The van der Waals surface area contributed by atoms with Gasteiger partial charge in [0, 0.05) is 42.8 Å². The molecule has 1 aromatic heterocycles. The van der Waals surface area contributed by atoms with Crippen LogP contribution >= 0.6 is 0 Å². The number of aryl methyl sites for hydroxylation is 1. The van der Waals surface area contributed by atoms with Gasteiger partial charge in [0.15, 0.2) is 0 Å². The topological polar surface area (TPSA) is 64.1 Å². The fraction of sp³-hybridized carbons (Fsp3) is 0.407. The van der Waals surface area contributed by atoms with Crippen LogP contribution in [0.2, 0.25) is 0 Å². The molecule has 1 unspecified atom stereocenters. The van der Waals surface area contributed by atoms with E-state index in [1.807, 2.05) is 35.2 Å². The van der Waals surface area contributed by atoms with Crippen molar-refractivity contribution >= 4 is 17.0 Å². The summed E-state index contributed by atoms with van der Waals surface area (Å²) in [4.78, 5) is 21.7. The molecule has 0 bridgehead atoms. The lowest BCUT2D eigenvalue weighted by molar-refractivity contribution is 0.110. The number of carbonyl (C=O) groups excluding carboxylic acids is 1. The lowest BCUT2D eigenvalue weighted by Gasteiger charge is -2.35. The Balaban J connectivity index is 1.23. The summed E-state index contributed by atoms with van der Waals surface area (Å²) < 4.78 is 16.6. The van der Waals surface area contributed by atoms with Crippen LogP contribution in [0.3, 0.4) is 0 Å². The van der Waals surface area contributed by atoms with Crippen LogP contribution in [-0.4, -0.2) is 60.8 Å². The Bertz CT molecular complexity index is 1190. The molecule has 0 N–H and O–H groups in total. The Morgan fingerprint density at radius 3 is 2.62 bits per heavy atom.